The number of carbonyl (C=O) groups excluding carboxylic acids is 1. The van der Waals surface area contributed by atoms with Crippen molar-refractivity contribution in [1.29, 1.82) is 0 Å². The molecule has 3 unspecified atom stereocenters. The fourth-order valence-corrected chi connectivity index (χ4v) is 2.39. The Morgan fingerprint density at radius 3 is 2.71 bits per heavy atom. The van der Waals surface area contributed by atoms with Crippen LogP contribution in [0.4, 0.5) is 0 Å². The van der Waals surface area contributed by atoms with Crippen LogP contribution in [0.1, 0.15) is 0 Å². The first kappa shape index (κ1) is 9.93. The molecule has 2 aliphatic rings. The number of aliphatic hydroxyl groups is 1. The molecule has 1 amide bonds. The van der Waals surface area contributed by atoms with Gasteiger partial charge in [0.15, 0.2) is 0 Å². The summed E-state index contributed by atoms with van der Waals surface area (Å²) < 4.78 is 0. The van der Waals surface area contributed by atoms with Gasteiger partial charge in [-0.2, -0.15) is 0 Å². The third-order valence-corrected chi connectivity index (χ3v) is 3.39. The Bertz CT molecular complexity index is 242. The first-order valence-corrected chi connectivity index (χ1v) is 5.19. The molecule has 2 rings (SSSR count). The van der Waals surface area contributed by atoms with Crippen LogP contribution in [0, 0.1) is 17.8 Å². The molecule has 4 heteroatoms. The summed E-state index contributed by atoms with van der Waals surface area (Å²) in [6.07, 6.45) is 0. The normalized spacial score (nSPS) is 35.3. The van der Waals surface area contributed by atoms with Crippen molar-refractivity contribution in [3.63, 3.8) is 0 Å². The molecule has 0 aromatic heterocycles. The van der Waals surface area contributed by atoms with Crippen LogP contribution in [0.2, 0.25) is 0 Å². The number of piperidine rings is 1. The molecule has 1 N–H and O–H groups in total. The van der Waals surface area contributed by atoms with E-state index in [-0.39, 0.29) is 24.3 Å². The number of hydrogen-bond acceptors (Lipinski definition) is 3. The lowest BCUT2D eigenvalue weighted by molar-refractivity contribution is -0.130. The highest BCUT2D eigenvalue weighted by Gasteiger charge is 2.60. The van der Waals surface area contributed by atoms with Crippen molar-refractivity contribution in [1.82, 2.24) is 9.80 Å². The fraction of sp³-hybridized carbons (Fsp3) is 0.900. The summed E-state index contributed by atoms with van der Waals surface area (Å²) in [6.45, 7) is 2.80. The predicted molar refractivity (Wildman–Crippen MR) is 52.7 cm³/mol. The summed E-state index contributed by atoms with van der Waals surface area (Å²) in [5, 5.41) is 8.96. The third kappa shape index (κ3) is 1.53. The summed E-state index contributed by atoms with van der Waals surface area (Å²) >= 11 is 0. The molecule has 0 spiro atoms. The maximum Gasteiger partial charge on any atom is 0.226 e. The topological polar surface area (TPSA) is 43.8 Å². The molecule has 1 heterocycles. The van der Waals surface area contributed by atoms with E-state index >= 15 is 0 Å². The number of amides is 1. The highest BCUT2D eigenvalue weighted by Crippen LogP contribution is 2.51. The van der Waals surface area contributed by atoms with Gasteiger partial charge in [-0.05, 0) is 25.9 Å². The standard InChI is InChI=1S/C10H18N2O2/c1-11(2)3-4-12-5-7-8(6-13)9(7)10(12)14/h7-9,13H,3-6H2,1-2H3. The summed E-state index contributed by atoms with van der Waals surface area (Å²) in [5.74, 6) is 1.14. The lowest BCUT2D eigenvalue weighted by atomic mass is 10.2. The molecule has 1 aliphatic carbocycles. The SMILES string of the molecule is CN(C)CCN1CC2C(CO)C2C1=O. The van der Waals surface area contributed by atoms with Crippen molar-refractivity contribution in [2.75, 3.05) is 40.3 Å². The molecule has 2 fully saturated rings. The largest absolute Gasteiger partial charge is 0.396 e. The molecular formula is C10H18N2O2. The summed E-state index contributed by atoms with van der Waals surface area (Å²) in [4.78, 5) is 15.7. The molecule has 0 bridgehead atoms. The highest BCUT2D eigenvalue weighted by molar-refractivity contribution is 5.85. The van der Waals surface area contributed by atoms with Gasteiger partial charge in [-0.25, -0.2) is 0 Å². The van der Waals surface area contributed by atoms with Crippen LogP contribution in [0.15, 0.2) is 0 Å². The second kappa shape index (κ2) is 3.51. The quantitative estimate of drug-likeness (QED) is 0.646. The number of hydrogen-bond donors (Lipinski definition) is 1. The third-order valence-electron chi connectivity index (χ3n) is 3.39. The zero-order valence-corrected chi connectivity index (χ0v) is 8.81. The number of aliphatic hydroxyl groups excluding tert-OH is 1. The first-order valence-electron chi connectivity index (χ1n) is 5.19. The Morgan fingerprint density at radius 2 is 2.29 bits per heavy atom. The first-order chi connectivity index (χ1) is 6.65. The van der Waals surface area contributed by atoms with Gasteiger partial charge in [0.1, 0.15) is 0 Å². The van der Waals surface area contributed by atoms with E-state index < -0.39 is 0 Å². The van der Waals surface area contributed by atoms with Crippen molar-refractivity contribution in [3.05, 3.63) is 0 Å². The monoisotopic (exact) mass is 198 g/mol. The molecular weight excluding hydrogens is 180 g/mol. The van der Waals surface area contributed by atoms with Gasteiger partial charge >= 0.3 is 0 Å². The van der Waals surface area contributed by atoms with E-state index in [0.29, 0.717) is 5.92 Å². The fourth-order valence-electron chi connectivity index (χ4n) is 2.39. The van der Waals surface area contributed by atoms with Crippen LogP contribution < -0.4 is 0 Å². The maximum atomic E-state index is 11.7. The van der Waals surface area contributed by atoms with Gasteiger partial charge in [0, 0.05) is 32.2 Å². The second-order valence-corrected chi connectivity index (χ2v) is 4.62. The van der Waals surface area contributed by atoms with Gasteiger partial charge in [-0.15, -0.1) is 0 Å². The van der Waals surface area contributed by atoms with Gasteiger partial charge in [0.05, 0.1) is 0 Å². The van der Waals surface area contributed by atoms with Crippen LogP contribution in [-0.4, -0.2) is 61.2 Å². The van der Waals surface area contributed by atoms with Gasteiger partial charge < -0.3 is 14.9 Å². The van der Waals surface area contributed by atoms with E-state index in [4.69, 9.17) is 5.11 Å². The van der Waals surface area contributed by atoms with Gasteiger partial charge in [0.2, 0.25) is 5.91 Å². The molecule has 4 nitrogen and oxygen atoms in total. The Balaban J connectivity index is 1.81. The van der Waals surface area contributed by atoms with E-state index in [2.05, 4.69) is 4.90 Å². The number of nitrogens with zero attached hydrogens (tertiary/aromatic N) is 2. The molecule has 1 saturated carbocycles. The van der Waals surface area contributed by atoms with Crippen LogP contribution in [0.3, 0.4) is 0 Å². The molecule has 0 aromatic rings. The maximum absolute atomic E-state index is 11.7. The van der Waals surface area contributed by atoms with Gasteiger partial charge in [-0.1, -0.05) is 0 Å². The lowest BCUT2D eigenvalue weighted by Crippen LogP contribution is -2.36. The van der Waals surface area contributed by atoms with E-state index in [1.54, 1.807) is 0 Å². The highest BCUT2D eigenvalue weighted by atomic mass is 16.3. The summed E-state index contributed by atoms with van der Waals surface area (Å²) in [7, 11) is 4.02. The van der Waals surface area contributed by atoms with E-state index in [0.717, 1.165) is 19.6 Å². The van der Waals surface area contributed by atoms with Crippen molar-refractivity contribution in [2.45, 2.75) is 0 Å². The lowest BCUT2D eigenvalue weighted by Gasteiger charge is -2.21. The van der Waals surface area contributed by atoms with Crippen LogP contribution in [0.5, 0.6) is 0 Å². The van der Waals surface area contributed by atoms with Crippen molar-refractivity contribution in [3.8, 4) is 0 Å². The predicted octanol–water partition coefficient (Wildman–Crippen LogP) is -0.755. The van der Waals surface area contributed by atoms with Gasteiger partial charge in [-0.3, -0.25) is 4.79 Å². The molecule has 14 heavy (non-hydrogen) atoms. The number of likely N-dealkylation sites (N-methyl/N-ethyl adjacent to an activating group) is 1. The molecule has 0 radical (unpaired) electrons. The Labute approximate surface area is 84.5 Å². The van der Waals surface area contributed by atoms with Crippen LogP contribution >= 0.6 is 0 Å². The van der Waals surface area contributed by atoms with Crippen molar-refractivity contribution in [2.24, 2.45) is 17.8 Å². The smallest absolute Gasteiger partial charge is 0.226 e. The van der Waals surface area contributed by atoms with Crippen molar-refractivity contribution < 1.29 is 9.90 Å². The van der Waals surface area contributed by atoms with E-state index in [9.17, 15) is 4.79 Å². The minimum Gasteiger partial charge on any atom is -0.396 e. The van der Waals surface area contributed by atoms with Crippen LogP contribution in [0.25, 0.3) is 0 Å². The number of likely N-dealkylation sites (tertiary alicyclic amines) is 1. The number of carbonyl (C=O) groups is 1. The average Bonchev–Trinajstić information content (AvgIpc) is 2.74. The Kier molecular flexibility index (Phi) is 2.49. The zero-order chi connectivity index (χ0) is 10.3. The number of rotatable bonds is 4. The minimum absolute atomic E-state index is 0.155. The molecule has 3 atom stereocenters. The molecule has 1 aliphatic heterocycles. The Hall–Kier alpha value is -0.610. The zero-order valence-electron chi connectivity index (χ0n) is 8.81. The summed E-state index contributed by atoms with van der Waals surface area (Å²) in [5.41, 5.74) is 0. The average molecular weight is 198 g/mol. The number of fused-ring (bicyclic) bond motifs is 1. The summed E-state index contributed by atoms with van der Waals surface area (Å²) in [6, 6.07) is 0. The molecule has 1 saturated heterocycles. The Morgan fingerprint density at radius 1 is 1.57 bits per heavy atom. The molecule has 0 aromatic carbocycles. The minimum atomic E-state index is 0.155. The second-order valence-electron chi connectivity index (χ2n) is 4.62. The van der Waals surface area contributed by atoms with Gasteiger partial charge in [0.25, 0.3) is 0 Å². The van der Waals surface area contributed by atoms with Crippen molar-refractivity contribution >= 4 is 5.91 Å². The van der Waals surface area contributed by atoms with Crippen LogP contribution in [-0.2, 0) is 4.79 Å². The molecule has 80 valence electrons. The van der Waals surface area contributed by atoms with E-state index in [1.165, 1.54) is 0 Å². The van der Waals surface area contributed by atoms with E-state index in [1.807, 2.05) is 19.0 Å².